The molecular formula is C10H15N2OS+. The largest absolute Gasteiger partial charge is 0.315 e. The second-order valence-electron chi connectivity index (χ2n) is 3.95. The summed E-state index contributed by atoms with van der Waals surface area (Å²) in [5.41, 5.74) is 0. The summed E-state index contributed by atoms with van der Waals surface area (Å²) in [4.78, 5) is 11.7. The number of hydrogen-bond donors (Lipinski definition) is 0. The molecule has 1 fully saturated rings. The molecule has 1 amide bonds. The second kappa shape index (κ2) is 3.79. The Morgan fingerprint density at radius 3 is 3.00 bits per heavy atom. The lowest BCUT2D eigenvalue weighted by Crippen LogP contribution is -2.49. The SMILES string of the molecule is C[N+]1(CN2C=CC=CS2)CCCC1=O. The van der Waals surface area contributed by atoms with Gasteiger partial charge in [0.25, 0.3) is 0 Å². The van der Waals surface area contributed by atoms with E-state index in [-0.39, 0.29) is 0 Å². The van der Waals surface area contributed by atoms with E-state index in [4.69, 9.17) is 0 Å². The van der Waals surface area contributed by atoms with Crippen LogP contribution >= 0.6 is 11.9 Å². The normalized spacial score (nSPS) is 31.5. The summed E-state index contributed by atoms with van der Waals surface area (Å²) in [6.07, 6.45) is 7.82. The Hall–Kier alpha value is -0.740. The number of likely N-dealkylation sites (tertiary alicyclic amines) is 1. The molecule has 3 nitrogen and oxygen atoms in total. The predicted octanol–water partition coefficient (Wildman–Crippen LogP) is 1.70. The molecule has 0 saturated carbocycles. The molecule has 1 unspecified atom stereocenters. The number of hydrogen-bond acceptors (Lipinski definition) is 3. The maximum Gasteiger partial charge on any atom is 0.315 e. The van der Waals surface area contributed by atoms with Gasteiger partial charge >= 0.3 is 5.91 Å². The fraction of sp³-hybridized carbons (Fsp3) is 0.500. The third-order valence-electron chi connectivity index (χ3n) is 2.73. The summed E-state index contributed by atoms with van der Waals surface area (Å²) in [7, 11) is 2.03. The van der Waals surface area contributed by atoms with Gasteiger partial charge in [-0.3, -0.25) is 4.31 Å². The van der Waals surface area contributed by atoms with Crippen LogP contribution < -0.4 is 0 Å². The number of allylic oxidation sites excluding steroid dienone is 2. The van der Waals surface area contributed by atoms with Crippen LogP contribution in [0.2, 0.25) is 0 Å². The summed E-state index contributed by atoms with van der Waals surface area (Å²) >= 11 is 1.65. The Balaban J connectivity index is 1.99. The van der Waals surface area contributed by atoms with Crippen molar-refractivity contribution >= 4 is 17.9 Å². The molecule has 2 aliphatic rings. The minimum Gasteiger partial charge on any atom is -0.270 e. The summed E-state index contributed by atoms with van der Waals surface area (Å²) in [5.74, 6) is 0.369. The van der Waals surface area contributed by atoms with Crippen LogP contribution in [0.4, 0.5) is 0 Å². The molecule has 0 spiro atoms. The van der Waals surface area contributed by atoms with Gasteiger partial charge in [0, 0.05) is 12.6 Å². The monoisotopic (exact) mass is 211 g/mol. The molecule has 0 radical (unpaired) electrons. The van der Waals surface area contributed by atoms with Gasteiger partial charge in [-0.05, 0) is 23.4 Å². The average molecular weight is 211 g/mol. The van der Waals surface area contributed by atoms with Gasteiger partial charge in [-0.15, -0.1) is 0 Å². The fourth-order valence-corrected chi connectivity index (χ4v) is 2.63. The van der Waals surface area contributed by atoms with Gasteiger partial charge in [0.1, 0.15) is 0 Å². The van der Waals surface area contributed by atoms with E-state index in [1.165, 1.54) is 0 Å². The van der Waals surface area contributed by atoms with E-state index < -0.39 is 0 Å². The van der Waals surface area contributed by atoms with Gasteiger partial charge in [0.15, 0.2) is 6.67 Å². The van der Waals surface area contributed by atoms with Crippen LogP contribution in [0.15, 0.2) is 23.8 Å². The summed E-state index contributed by atoms with van der Waals surface area (Å²) in [5, 5.41) is 2.03. The zero-order chi connectivity index (χ0) is 10.0. The van der Waals surface area contributed by atoms with Gasteiger partial charge < -0.3 is 0 Å². The molecule has 0 N–H and O–H groups in total. The van der Waals surface area contributed by atoms with Crippen LogP contribution in [-0.4, -0.2) is 35.0 Å². The van der Waals surface area contributed by atoms with Crippen LogP contribution in [0.1, 0.15) is 12.8 Å². The van der Waals surface area contributed by atoms with E-state index in [1.807, 2.05) is 30.8 Å². The highest BCUT2D eigenvalue weighted by Crippen LogP contribution is 2.24. The minimum atomic E-state index is 0.369. The van der Waals surface area contributed by atoms with Crippen molar-refractivity contribution < 1.29 is 9.28 Å². The van der Waals surface area contributed by atoms with E-state index in [1.54, 1.807) is 11.9 Å². The molecular weight excluding hydrogens is 196 g/mol. The molecule has 0 aromatic rings. The molecule has 14 heavy (non-hydrogen) atoms. The maximum absolute atomic E-state index is 11.7. The number of quaternary nitrogens is 1. The van der Waals surface area contributed by atoms with Gasteiger partial charge in [-0.25, -0.2) is 9.28 Å². The zero-order valence-corrected chi connectivity index (χ0v) is 9.17. The topological polar surface area (TPSA) is 20.3 Å². The Kier molecular flexibility index (Phi) is 2.65. The molecule has 1 saturated heterocycles. The van der Waals surface area contributed by atoms with Gasteiger partial charge in [-0.2, -0.15) is 0 Å². The third-order valence-corrected chi connectivity index (χ3v) is 3.52. The van der Waals surface area contributed by atoms with Crippen molar-refractivity contribution in [1.82, 2.24) is 4.31 Å². The lowest BCUT2D eigenvalue weighted by Gasteiger charge is -2.31. The number of carbonyl (C=O) groups excluding carboxylic acids is 1. The highest BCUT2D eigenvalue weighted by molar-refractivity contribution is 8.00. The Morgan fingerprint density at radius 1 is 1.57 bits per heavy atom. The zero-order valence-electron chi connectivity index (χ0n) is 8.35. The summed E-state index contributed by atoms with van der Waals surface area (Å²) in [6, 6.07) is 0. The van der Waals surface area contributed by atoms with Gasteiger partial charge in [-0.1, -0.05) is 6.08 Å². The minimum absolute atomic E-state index is 0.369. The van der Waals surface area contributed by atoms with Crippen molar-refractivity contribution in [3.8, 4) is 0 Å². The van der Waals surface area contributed by atoms with Crippen LogP contribution in [-0.2, 0) is 4.79 Å². The van der Waals surface area contributed by atoms with E-state index >= 15 is 0 Å². The Labute approximate surface area is 88.8 Å². The van der Waals surface area contributed by atoms with E-state index in [0.717, 1.165) is 26.1 Å². The van der Waals surface area contributed by atoms with Gasteiger partial charge in [0.2, 0.25) is 0 Å². The van der Waals surface area contributed by atoms with Crippen LogP contribution in [0, 0.1) is 0 Å². The first-order chi connectivity index (χ1) is 6.71. The van der Waals surface area contributed by atoms with Crippen LogP contribution in [0.3, 0.4) is 0 Å². The Bertz CT molecular complexity index is 300. The molecule has 2 rings (SSSR count). The van der Waals surface area contributed by atoms with Crippen molar-refractivity contribution in [2.45, 2.75) is 12.8 Å². The van der Waals surface area contributed by atoms with Crippen molar-refractivity contribution in [3.63, 3.8) is 0 Å². The quantitative estimate of drug-likeness (QED) is 0.512. The van der Waals surface area contributed by atoms with Crippen LogP contribution in [0.25, 0.3) is 0 Å². The number of nitrogens with zero attached hydrogens (tertiary/aromatic N) is 2. The number of amides is 1. The molecule has 76 valence electrons. The molecule has 4 heteroatoms. The van der Waals surface area contributed by atoms with E-state index in [9.17, 15) is 4.79 Å². The maximum atomic E-state index is 11.7. The van der Waals surface area contributed by atoms with E-state index in [0.29, 0.717) is 10.4 Å². The first-order valence-corrected chi connectivity index (χ1v) is 5.69. The molecule has 0 bridgehead atoms. The second-order valence-corrected chi connectivity index (χ2v) is 4.90. The molecule has 0 aromatic heterocycles. The summed E-state index contributed by atoms with van der Waals surface area (Å²) in [6.45, 7) is 1.76. The van der Waals surface area contributed by atoms with Crippen LogP contribution in [0.5, 0.6) is 0 Å². The van der Waals surface area contributed by atoms with Gasteiger partial charge in [0.05, 0.1) is 20.0 Å². The lowest BCUT2D eigenvalue weighted by atomic mass is 10.4. The first-order valence-electron chi connectivity index (χ1n) is 4.85. The predicted molar refractivity (Wildman–Crippen MR) is 57.9 cm³/mol. The molecule has 2 aliphatic heterocycles. The first kappa shape index (κ1) is 9.80. The molecule has 0 aromatic carbocycles. The molecule has 1 atom stereocenters. The number of rotatable bonds is 2. The molecule has 0 aliphatic carbocycles. The van der Waals surface area contributed by atoms with E-state index in [2.05, 4.69) is 4.31 Å². The fourth-order valence-electron chi connectivity index (χ4n) is 1.85. The van der Waals surface area contributed by atoms with Crippen molar-refractivity contribution in [2.75, 3.05) is 20.3 Å². The average Bonchev–Trinajstić information content (AvgIpc) is 2.48. The van der Waals surface area contributed by atoms with Crippen molar-refractivity contribution in [2.24, 2.45) is 0 Å². The van der Waals surface area contributed by atoms with Crippen molar-refractivity contribution in [3.05, 3.63) is 23.8 Å². The lowest BCUT2D eigenvalue weighted by molar-refractivity contribution is -0.833. The smallest absolute Gasteiger partial charge is 0.270 e. The highest BCUT2D eigenvalue weighted by Gasteiger charge is 2.38. The van der Waals surface area contributed by atoms with Crippen molar-refractivity contribution in [1.29, 1.82) is 0 Å². The summed E-state index contributed by atoms with van der Waals surface area (Å²) < 4.78 is 2.68. The highest BCUT2D eigenvalue weighted by atomic mass is 32.2. The standard InChI is InChI=1S/C10H15N2OS/c1-12(7-4-5-10(12)13)9-11-6-2-3-8-14-11/h2-3,6,8H,4-5,7,9H2,1H3/q+1. The molecule has 2 heterocycles. The number of carbonyl (C=O) groups is 1. The third kappa shape index (κ3) is 1.86. The Morgan fingerprint density at radius 2 is 2.43 bits per heavy atom.